The highest BCUT2D eigenvalue weighted by Crippen LogP contribution is 2.41. The van der Waals surface area contributed by atoms with Gasteiger partial charge < -0.3 is 24.8 Å². The van der Waals surface area contributed by atoms with Gasteiger partial charge in [0.25, 0.3) is 0 Å². The van der Waals surface area contributed by atoms with E-state index in [-0.39, 0.29) is 31.0 Å². The summed E-state index contributed by atoms with van der Waals surface area (Å²) in [6.45, 7) is 0.556. The van der Waals surface area contributed by atoms with Gasteiger partial charge in [0.05, 0.1) is 17.2 Å². The molecule has 1 aromatic carbocycles. The number of carbonyl (C=O) groups is 2. The van der Waals surface area contributed by atoms with Gasteiger partial charge in [-0.25, -0.2) is 0 Å². The molecule has 150 valence electrons. The van der Waals surface area contributed by atoms with Crippen molar-refractivity contribution in [2.75, 3.05) is 40.5 Å². The first kappa shape index (κ1) is 21.8. The molecule has 1 saturated heterocycles. The van der Waals surface area contributed by atoms with E-state index < -0.39 is 5.97 Å². The van der Waals surface area contributed by atoms with Crippen LogP contribution < -0.4 is 10.1 Å². The molecule has 2 rings (SSSR count). The van der Waals surface area contributed by atoms with E-state index in [1.807, 2.05) is 0 Å². The molecular weight excluding hydrogens is 395 g/mol. The zero-order valence-corrected chi connectivity index (χ0v) is 16.8. The molecule has 2 N–H and O–H groups in total. The molecular formula is C18H24Cl2N2O5. The van der Waals surface area contributed by atoms with Crippen LogP contribution in [-0.4, -0.2) is 68.4 Å². The molecule has 27 heavy (non-hydrogen) atoms. The van der Waals surface area contributed by atoms with Gasteiger partial charge in [-0.3, -0.25) is 9.59 Å². The molecule has 1 amide bonds. The third-order valence-corrected chi connectivity index (χ3v) is 5.46. The monoisotopic (exact) mass is 418 g/mol. The minimum Gasteiger partial charge on any atom is -0.496 e. The number of carboxylic acids is 1. The molecule has 1 heterocycles. The van der Waals surface area contributed by atoms with Crippen molar-refractivity contribution >= 4 is 35.1 Å². The van der Waals surface area contributed by atoms with Crippen molar-refractivity contribution in [2.45, 2.75) is 24.8 Å². The Hall–Kier alpha value is -1.54. The minimum atomic E-state index is -1.05. The lowest BCUT2D eigenvalue weighted by Gasteiger charge is -2.22. The largest absolute Gasteiger partial charge is 0.496 e. The van der Waals surface area contributed by atoms with Gasteiger partial charge in [-0.15, -0.1) is 0 Å². The van der Waals surface area contributed by atoms with Gasteiger partial charge in [-0.2, -0.15) is 0 Å². The maximum atomic E-state index is 12.0. The fraction of sp³-hybridized carbons (Fsp3) is 0.556. The van der Waals surface area contributed by atoms with Crippen LogP contribution in [0.5, 0.6) is 5.75 Å². The van der Waals surface area contributed by atoms with Crippen LogP contribution in [0, 0.1) is 0 Å². The van der Waals surface area contributed by atoms with Crippen LogP contribution in [-0.2, 0) is 14.3 Å². The molecule has 0 unspecified atom stereocenters. The number of rotatable bonds is 9. The Labute approximate surface area is 168 Å². The van der Waals surface area contributed by atoms with Gasteiger partial charge in [0.1, 0.15) is 18.9 Å². The molecule has 0 aliphatic carbocycles. The Morgan fingerprint density at radius 1 is 1.33 bits per heavy atom. The van der Waals surface area contributed by atoms with Gasteiger partial charge in [0.2, 0.25) is 5.91 Å². The normalized spacial score (nSPS) is 19.1. The lowest BCUT2D eigenvalue weighted by Crippen LogP contribution is -2.40. The number of methoxy groups -OCH3 is 2. The SMILES string of the molecule is COCC(=O)N(CC[C@@H]1C[C@H](c2c(OC)ccc(Cl)c2Cl)CN1)CC(=O)O. The van der Waals surface area contributed by atoms with E-state index in [1.54, 1.807) is 19.2 Å². The van der Waals surface area contributed by atoms with Gasteiger partial charge in [-0.1, -0.05) is 23.2 Å². The number of halogens is 2. The van der Waals surface area contributed by atoms with Gasteiger partial charge in [0, 0.05) is 37.7 Å². The predicted molar refractivity (Wildman–Crippen MR) is 103 cm³/mol. The van der Waals surface area contributed by atoms with E-state index in [4.69, 9.17) is 37.8 Å². The van der Waals surface area contributed by atoms with E-state index in [0.717, 1.165) is 12.0 Å². The Morgan fingerprint density at radius 3 is 2.70 bits per heavy atom. The predicted octanol–water partition coefficient (Wildman–Crippen LogP) is 2.40. The van der Waals surface area contributed by atoms with Crippen molar-refractivity contribution in [1.82, 2.24) is 10.2 Å². The number of aliphatic carboxylic acids is 1. The summed E-state index contributed by atoms with van der Waals surface area (Å²) < 4.78 is 10.2. The number of amides is 1. The average molecular weight is 419 g/mol. The summed E-state index contributed by atoms with van der Waals surface area (Å²) in [4.78, 5) is 24.3. The fourth-order valence-corrected chi connectivity index (χ4v) is 3.82. The molecule has 1 aliphatic heterocycles. The summed E-state index contributed by atoms with van der Waals surface area (Å²) in [7, 11) is 3.00. The first-order valence-corrected chi connectivity index (χ1v) is 9.36. The van der Waals surface area contributed by atoms with Crippen LogP contribution in [0.1, 0.15) is 24.3 Å². The van der Waals surface area contributed by atoms with Crippen LogP contribution in [0.3, 0.4) is 0 Å². The number of carboxylic acid groups (broad SMARTS) is 1. The second-order valence-corrected chi connectivity index (χ2v) is 7.23. The van der Waals surface area contributed by atoms with Gasteiger partial charge in [-0.05, 0) is 25.0 Å². The number of benzene rings is 1. The Balaban J connectivity index is 2.01. The maximum absolute atomic E-state index is 12.0. The molecule has 0 spiro atoms. The first-order valence-electron chi connectivity index (χ1n) is 8.61. The number of nitrogens with one attached hydrogen (secondary N) is 1. The molecule has 0 saturated carbocycles. The van der Waals surface area contributed by atoms with Crippen molar-refractivity contribution in [2.24, 2.45) is 0 Å². The zero-order valence-electron chi connectivity index (χ0n) is 15.3. The lowest BCUT2D eigenvalue weighted by atomic mass is 9.94. The zero-order chi connectivity index (χ0) is 20.0. The number of hydrogen-bond acceptors (Lipinski definition) is 5. The quantitative estimate of drug-likeness (QED) is 0.639. The fourth-order valence-electron chi connectivity index (χ4n) is 3.35. The van der Waals surface area contributed by atoms with Crippen molar-refractivity contribution in [1.29, 1.82) is 0 Å². The summed E-state index contributed by atoms with van der Waals surface area (Å²) in [6, 6.07) is 3.63. The standard InChI is InChI=1S/C18H24Cl2N2O5/c1-26-10-15(23)22(9-16(24)25)6-5-12-7-11(8-21-12)17-14(27-2)4-3-13(19)18(17)20/h3-4,11-12,21H,5-10H2,1-2H3,(H,24,25)/t11-,12+/m0/s1. The number of hydrogen-bond donors (Lipinski definition) is 2. The van der Waals surface area contributed by atoms with Gasteiger partial charge in [0.15, 0.2) is 0 Å². The highest BCUT2D eigenvalue weighted by Gasteiger charge is 2.30. The molecule has 1 aliphatic rings. The highest BCUT2D eigenvalue weighted by molar-refractivity contribution is 6.42. The third-order valence-electron chi connectivity index (χ3n) is 4.64. The molecule has 0 bridgehead atoms. The van der Waals surface area contributed by atoms with E-state index in [0.29, 0.717) is 35.3 Å². The molecule has 0 radical (unpaired) electrons. The summed E-state index contributed by atoms with van der Waals surface area (Å²) in [5, 5.41) is 13.4. The van der Waals surface area contributed by atoms with Crippen molar-refractivity contribution in [3.8, 4) is 5.75 Å². The number of carbonyl (C=O) groups excluding carboxylic acids is 1. The number of ether oxygens (including phenoxy) is 2. The van der Waals surface area contributed by atoms with Crippen LogP contribution in [0.15, 0.2) is 12.1 Å². The second kappa shape index (κ2) is 10.1. The van der Waals surface area contributed by atoms with Crippen LogP contribution in [0.25, 0.3) is 0 Å². The number of nitrogens with zero attached hydrogens (tertiary/aromatic N) is 1. The van der Waals surface area contributed by atoms with Crippen LogP contribution in [0.4, 0.5) is 0 Å². The van der Waals surface area contributed by atoms with Crippen LogP contribution >= 0.6 is 23.2 Å². The topological polar surface area (TPSA) is 88.1 Å². The molecule has 7 nitrogen and oxygen atoms in total. The third kappa shape index (κ3) is 5.72. The minimum absolute atomic E-state index is 0.124. The summed E-state index contributed by atoms with van der Waals surface area (Å²) in [6.07, 6.45) is 1.41. The second-order valence-electron chi connectivity index (χ2n) is 6.45. The Bertz CT molecular complexity index is 686. The molecule has 1 aromatic rings. The summed E-state index contributed by atoms with van der Waals surface area (Å²) >= 11 is 12.5. The summed E-state index contributed by atoms with van der Waals surface area (Å²) in [5.74, 6) is -0.570. The highest BCUT2D eigenvalue weighted by atomic mass is 35.5. The average Bonchev–Trinajstić information content (AvgIpc) is 3.09. The summed E-state index contributed by atoms with van der Waals surface area (Å²) in [5.41, 5.74) is 0.875. The van der Waals surface area contributed by atoms with Crippen molar-refractivity contribution < 1.29 is 24.2 Å². The van der Waals surface area contributed by atoms with Gasteiger partial charge >= 0.3 is 5.97 Å². The van der Waals surface area contributed by atoms with E-state index in [1.165, 1.54) is 12.0 Å². The Kier molecular flexibility index (Phi) is 8.16. The van der Waals surface area contributed by atoms with E-state index in [2.05, 4.69) is 5.32 Å². The maximum Gasteiger partial charge on any atom is 0.323 e. The smallest absolute Gasteiger partial charge is 0.323 e. The van der Waals surface area contributed by atoms with Crippen molar-refractivity contribution in [3.63, 3.8) is 0 Å². The molecule has 0 aromatic heterocycles. The van der Waals surface area contributed by atoms with E-state index in [9.17, 15) is 9.59 Å². The van der Waals surface area contributed by atoms with E-state index >= 15 is 0 Å². The molecule has 1 fully saturated rings. The van der Waals surface area contributed by atoms with Crippen LogP contribution in [0.2, 0.25) is 10.0 Å². The van der Waals surface area contributed by atoms with Crippen molar-refractivity contribution in [3.05, 3.63) is 27.7 Å². The first-order chi connectivity index (χ1) is 12.9. The molecule has 9 heteroatoms. The Morgan fingerprint density at radius 2 is 2.07 bits per heavy atom. The molecule has 2 atom stereocenters. The lowest BCUT2D eigenvalue weighted by molar-refractivity contribution is -0.146.